The van der Waals surface area contributed by atoms with Gasteiger partial charge in [0.15, 0.2) is 11.5 Å². The highest BCUT2D eigenvalue weighted by Crippen LogP contribution is 2.66. The van der Waals surface area contributed by atoms with Crippen LogP contribution in [0.4, 0.5) is 0 Å². The molecule has 6 rings (SSSR count). The lowest BCUT2D eigenvalue weighted by molar-refractivity contribution is -0.147. The lowest BCUT2D eigenvalue weighted by Crippen LogP contribution is -2.72. The zero-order valence-corrected chi connectivity index (χ0v) is 15.2. The van der Waals surface area contributed by atoms with E-state index in [1.165, 1.54) is 18.4 Å². The number of phenols is 1. The smallest absolute Gasteiger partial charge is 0.173 e. The van der Waals surface area contributed by atoms with Crippen LogP contribution in [0.2, 0.25) is 0 Å². The summed E-state index contributed by atoms with van der Waals surface area (Å²) in [6, 6.07) is 3.94. The Morgan fingerprint density at radius 2 is 2.15 bits per heavy atom. The lowest BCUT2D eigenvalue weighted by atomic mass is 9.51. The molecule has 3 N–H and O–H groups in total. The zero-order valence-electron chi connectivity index (χ0n) is 15.2. The fraction of sp³-hybridized carbons (Fsp3) is 0.619. The van der Waals surface area contributed by atoms with Crippen LogP contribution in [0.25, 0.3) is 0 Å². The molecule has 0 aromatic heterocycles. The largest absolute Gasteiger partial charge is 0.504 e. The Bertz CT molecular complexity index is 846. The molecule has 2 heterocycles. The van der Waals surface area contributed by atoms with E-state index in [0.717, 1.165) is 61.7 Å². The van der Waals surface area contributed by atoms with Gasteiger partial charge in [0.05, 0.1) is 16.7 Å². The van der Waals surface area contributed by atoms with Crippen LogP contribution in [0.5, 0.6) is 11.5 Å². The van der Waals surface area contributed by atoms with Crippen molar-refractivity contribution < 1.29 is 14.9 Å². The van der Waals surface area contributed by atoms with E-state index in [9.17, 15) is 10.2 Å². The predicted molar refractivity (Wildman–Crippen MR) is 97.1 cm³/mol. The number of phenolic OH excluding ortho intramolecular Hbond substituents is 1. The van der Waals surface area contributed by atoms with Crippen molar-refractivity contribution in [2.45, 2.75) is 55.6 Å². The summed E-state index contributed by atoms with van der Waals surface area (Å²) < 4.78 is 6.30. The second-order valence-electron chi connectivity index (χ2n) is 8.85. The normalized spacial score (nSPS) is 37.4. The van der Waals surface area contributed by atoms with Crippen LogP contribution >= 0.6 is 0 Å². The molecule has 138 valence electrons. The molecule has 2 bridgehead atoms. The summed E-state index contributed by atoms with van der Waals surface area (Å²) in [5.74, 6) is 2.45. The van der Waals surface area contributed by atoms with Gasteiger partial charge in [-0.25, -0.2) is 0 Å². The van der Waals surface area contributed by atoms with Crippen LogP contribution in [0, 0.1) is 5.92 Å². The third-order valence-electron chi connectivity index (χ3n) is 7.68. The van der Waals surface area contributed by atoms with Gasteiger partial charge >= 0.3 is 0 Å². The highest BCUT2D eigenvalue weighted by molar-refractivity contribution is 5.66. The Labute approximate surface area is 153 Å². The van der Waals surface area contributed by atoms with Gasteiger partial charge in [-0.05, 0) is 62.6 Å². The Balaban J connectivity index is 1.60. The molecule has 3 aliphatic carbocycles. The maximum absolute atomic E-state index is 12.2. The van der Waals surface area contributed by atoms with Gasteiger partial charge in [0.2, 0.25) is 0 Å². The van der Waals surface area contributed by atoms with Crippen LogP contribution < -0.4 is 10.1 Å². The molecular weight excluding hydrogens is 328 g/mol. The van der Waals surface area contributed by atoms with Crippen molar-refractivity contribution in [2.24, 2.45) is 5.92 Å². The number of benzene rings is 1. The van der Waals surface area contributed by atoms with Crippen LogP contribution in [0.15, 0.2) is 23.6 Å². The Hall–Kier alpha value is -1.72. The first kappa shape index (κ1) is 15.3. The first-order valence-electron chi connectivity index (χ1n) is 9.99. The molecule has 5 heteroatoms. The maximum Gasteiger partial charge on any atom is 0.173 e. The van der Waals surface area contributed by atoms with E-state index in [0.29, 0.717) is 5.75 Å². The number of nitrogens with zero attached hydrogens (tertiary/aromatic N) is 1. The minimum atomic E-state index is -0.818. The second kappa shape index (κ2) is 4.76. The fourth-order valence-corrected chi connectivity index (χ4v) is 6.30. The standard InChI is InChI=1S/C21H26N2O3/c1-22-14-6-7-21(25)16-10-13-4-5-15(24)18-17(13)20(21,19(14)26-18)8-9-23(16)11-12-2-3-12/h4-5,12,16,22,24-25H,2-3,6-11H2,1H3/t16?,20-,21+/m1/s1. The molecular formula is C21H26N2O3. The van der Waals surface area contributed by atoms with E-state index in [2.05, 4.69) is 10.2 Å². The molecule has 1 aromatic carbocycles. The van der Waals surface area contributed by atoms with Crippen LogP contribution in [0.1, 0.15) is 43.2 Å². The summed E-state index contributed by atoms with van der Waals surface area (Å²) in [6.45, 7) is 2.10. The number of aliphatic hydroxyl groups is 1. The average molecular weight is 354 g/mol. The van der Waals surface area contributed by atoms with Gasteiger partial charge in [0.1, 0.15) is 5.76 Å². The minimum absolute atomic E-state index is 0.136. The maximum atomic E-state index is 12.2. The molecule has 5 aliphatic rings. The van der Waals surface area contributed by atoms with E-state index < -0.39 is 11.0 Å². The first-order valence-corrected chi connectivity index (χ1v) is 9.99. The van der Waals surface area contributed by atoms with Gasteiger partial charge < -0.3 is 20.3 Å². The van der Waals surface area contributed by atoms with Crippen molar-refractivity contribution in [3.8, 4) is 11.5 Å². The van der Waals surface area contributed by atoms with Crippen LogP contribution in [-0.2, 0) is 11.8 Å². The molecule has 1 spiro atoms. The topological polar surface area (TPSA) is 65.0 Å². The van der Waals surface area contributed by atoms with Gasteiger partial charge in [0, 0.05) is 25.2 Å². The molecule has 0 radical (unpaired) electrons. The number of likely N-dealkylation sites (tertiary alicyclic amines) is 1. The molecule has 1 saturated heterocycles. The molecule has 2 aliphatic heterocycles. The van der Waals surface area contributed by atoms with Gasteiger partial charge in [-0.1, -0.05) is 6.07 Å². The molecule has 2 fully saturated rings. The number of hydrogen-bond acceptors (Lipinski definition) is 5. The van der Waals surface area contributed by atoms with Gasteiger partial charge in [0.25, 0.3) is 0 Å². The summed E-state index contributed by atoms with van der Waals surface area (Å²) in [5.41, 5.74) is 2.05. The summed E-state index contributed by atoms with van der Waals surface area (Å²) >= 11 is 0. The number of rotatable bonds is 3. The number of aromatic hydroxyl groups is 1. The Kier molecular flexibility index (Phi) is 2.81. The number of allylic oxidation sites excluding steroid dienone is 1. The lowest BCUT2D eigenvalue weighted by Gasteiger charge is -2.61. The molecule has 1 aromatic rings. The van der Waals surface area contributed by atoms with Crippen molar-refractivity contribution in [3.05, 3.63) is 34.7 Å². The van der Waals surface area contributed by atoms with Crippen LogP contribution in [-0.4, -0.2) is 46.9 Å². The predicted octanol–water partition coefficient (Wildman–Crippen LogP) is 2.02. The molecule has 1 unspecified atom stereocenters. The first-order chi connectivity index (χ1) is 12.6. The van der Waals surface area contributed by atoms with Gasteiger partial charge in [-0.3, -0.25) is 4.90 Å². The van der Waals surface area contributed by atoms with E-state index in [4.69, 9.17) is 4.74 Å². The third kappa shape index (κ3) is 1.61. The Morgan fingerprint density at radius 3 is 2.92 bits per heavy atom. The van der Waals surface area contributed by atoms with E-state index in [1.54, 1.807) is 6.07 Å². The monoisotopic (exact) mass is 354 g/mol. The van der Waals surface area contributed by atoms with E-state index in [1.807, 2.05) is 13.1 Å². The van der Waals surface area contributed by atoms with Gasteiger partial charge in [-0.2, -0.15) is 0 Å². The highest BCUT2D eigenvalue weighted by atomic mass is 16.5. The number of ether oxygens (including phenoxy) is 1. The molecule has 1 saturated carbocycles. The summed E-state index contributed by atoms with van der Waals surface area (Å²) in [4.78, 5) is 2.55. The minimum Gasteiger partial charge on any atom is -0.504 e. The molecule has 5 nitrogen and oxygen atoms in total. The summed E-state index contributed by atoms with van der Waals surface area (Å²) in [5, 5.41) is 25.9. The van der Waals surface area contributed by atoms with Crippen LogP contribution in [0.3, 0.4) is 0 Å². The SMILES string of the molecule is CNC1=C2Oc3c(O)ccc4c3[C@]23CCN(CC2CC2)C(C4)[C@@]3(O)CC1. The van der Waals surface area contributed by atoms with Crippen molar-refractivity contribution in [2.75, 3.05) is 20.1 Å². The third-order valence-corrected chi connectivity index (χ3v) is 7.68. The van der Waals surface area contributed by atoms with E-state index >= 15 is 0 Å². The highest BCUT2D eigenvalue weighted by Gasteiger charge is 2.70. The zero-order chi connectivity index (χ0) is 17.7. The van der Waals surface area contributed by atoms with Crippen molar-refractivity contribution in [1.29, 1.82) is 0 Å². The fourth-order valence-electron chi connectivity index (χ4n) is 6.30. The van der Waals surface area contributed by atoms with Gasteiger partial charge in [-0.15, -0.1) is 0 Å². The number of piperidine rings is 1. The molecule has 26 heavy (non-hydrogen) atoms. The molecule has 0 amide bonds. The quantitative estimate of drug-likeness (QED) is 0.775. The summed E-state index contributed by atoms with van der Waals surface area (Å²) in [7, 11) is 1.93. The van der Waals surface area contributed by atoms with E-state index in [-0.39, 0.29) is 11.8 Å². The molecule has 3 atom stereocenters. The van der Waals surface area contributed by atoms with Crippen molar-refractivity contribution in [3.63, 3.8) is 0 Å². The summed E-state index contributed by atoms with van der Waals surface area (Å²) in [6.07, 6.45) is 5.91. The number of hydrogen-bond donors (Lipinski definition) is 3. The van der Waals surface area contributed by atoms with Crippen molar-refractivity contribution in [1.82, 2.24) is 10.2 Å². The Morgan fingerprint density at radius 1 is 1.31 bits per heavy atom. The van der Waals surface area contributed by atoms with Crippen molar-refractivity contribution >= 4 is 0 Å². The average Bonchev–Trinajstić information content (AvgIpc) is 3.37. The number of nitrogens with one attached hydrogen (secondary N) is 1. The second-order valence-corrected chi connectivity index (χ2v) is 8.85.